The molecule has 0 atom stereocenters. The number of β-amino-alcohol motifs (C(OH)–C–C–N with tert-alkyl or cyclic N) is 1. The molecule has 0 radical (unpaired) electrons. The number of rotatable bonds is 1. The highest BCUT2D eigenvalue weighted by molar-refractivity contribution is 7.14. The Morgan fingerprint density at radius 2 is 2.43 bits per heavy atom. The lowest BCUT2D eigenvalue weighted by Crippen LogP contribution is -2.62. The zero-order chi connectivity index (χ0) is 10.2. The number of hydrogen-bond acceptors (Lipinski definition) is 3. The van der Waals surface area contributed by atoms with Crippen LogP contribution in [-0.2, 0) is 0 Å². The Kier molecular flexibility index (Phi) is 2.20. The number of anilines is 1. The lowest BCUT2D eigenvalue weighted by atomic mass is 9.98. The average molecular weight is 212 g/mol. The van der Waals surface area contributed by atoms with Crippen molar-refractivity contribution < 1.29 is 9.90 Å². The van der Waals surface area contributed by atoms with Crippen LogP contribution in [0.5, 0.6) is 0 Å². The fourth-order valence-corrected chi connectivity index (χ4v) is 2.06. The predicted octanol–water partition coefficient (Wildman–Crippen LogP) is 1.35. The maximum Gasteiger partial charge on any atom is 0.322 e. The quantitative estimate of drug-likeness (QED) is 0.738. The van der Waals surface area contributed by atoms with Crippen LogP contribution in [0, 0.1) is 0 Å². The first-order chi connectivity index (χ1) is 6.57. The molecule has 14 heavy (non-hydrogen) atoms. The van der Waals surface area contributed by atoms with Crippen molar-refractivity contribution in [1.82, 2.24) is 4.90 Å². The number of nitrogens with one attached hydrogen (secondary N) is 1. The van der Waals surface area contributed by atoms with Gasteiger partial charge in [0.05, 0.1) is 23.7 Å². The summed E-state index contributed by atoms with van der Waals surface area (Å²) in [5.74, 6) is 0. The second kappa shape index (κ2) is 3.25. The van der Waals surface area contributed by atoms with Crippen molar-refractivity contribution in [3.8, 4) is 0 Å². The van der Waals surface area contributed by atoms with E-state index < -0.39 is 5.60 Å². The van der Waals surface area contributed by atoms with Crippen LogP contribution in [0.4, 0.5) is 9.80 Å². The molecule has 5 heteroatoms. The van der Waals surface area contributed by atoms with E-state index in [4.69, 9.17) is 0 Å². The summed E-state index contributed by atoms with van der Waals surface area (Å²) < 4.78 is 0. The van der Waals surface area contributed by atoms with Gasteiger partial charge in [-0.15, -0.1) is 11.3 Å². The Labute approximate surface area is 86.2 Å². The minimum Gasteiger partial charge on any atom is -0.386 e. The number of carbonyl (C=O) groups is 1. The second-order valence-corrected chi connectivity index (χ2v) is 4.71. The smallest absolute Gasteiger partial charge is 0.322 e. The van der Waals surface area contributed by atoms with Gasteiger partial charge in [-0.1, -0.05) is 0 Å². The normalized spacial score (nSPS) is 18.9. The molecule has 1 saturated heterocycles. The summed E-state index contributed by atoms with van der Waals surface area (Å²) in [6.45, 7) is 2.54. The van der Waals surface area contributed by atoms with Crippen LogP contribution in [0.25, 0.3) is 0 Å². The number of thiophene rings is 1. The molecular formula is C9H12N2O2S. The van der Waals surface area contributed by atoms with Crippen LogP contribution in [0.15, 0.2) is 17.5 Å². The van der Waals surface area contributed by atoms with Crippen molar-refractivity contribution in [3.63, 3.8) is 0 Å². The standard InChI is InChI=1S/C9H12N2O2S/c1-9(13)5-11(6-9)8(12)10-7-3-2-4-14-7/h2-4,13H,5-6H2,1H3,(H,10,12). The van der Waals surface area contributed by atoms with Gasteiger partial charge in [-0.2, -0.15) is 0 Å². The van der Waals surface area contributed by atoms with Crippen LogP contribution >= 0.6 is 11.3 Å². The van der Waals surface area contributed by atoms with E-state index in [0.717, 1.165) is 5.00 Å². The fraction of sp³-hybridized carbons (Fsp3) is 0.444. The zero-order valence-electron chi connectivity index (χ0n) is 7.86. The van der Waals surface area contributed by atoms with Crippen LogP contribution in [0.2, 0.25) is 0 Å². The van der Waals surface area contributed by atoms with Gasteiger partial charge in [0.15, 0.2) is 0 Å². The van der Waals surface area contributed by atoms with E-state index in [-0.39, 0.29) is 6.03 Å². The molecule has 1 aromatic heterocycles. The van der Waals surface area contributed by atoms with Gasteiger partial charge in [0, 0.05) is 0 Å². The summed E-state index contributed by atoms with van der Waals surface area (Å²) in [6.07, 6.45) is 0. The topological polar surface area (TPSA) is 52.6 Å². The number of nitrogens with zero attached hydrogens (tertiary/aromatic N) is 1. The van der Waals surface area contributed by atoms with E-state index in [1.807, 2.05) is 17.5 Å². The SMILES string of the molecule is CC1(O)CN(C(=O)Nc2cccs2)C1. The summed E-state index contributed by atoms with van der Waals surface area (Å²) in [5, 5.41) is 14.9. The third-order valence-corrected chi connectivity index (χ3v) is 2.89. The predicted molar refractivity (Wildman–Crippen MR) is 55.5 cm³/mol. The van der Waals surface area contributed by atoms with Crippen molar-refractivity contribution in [2.45, 2.75) is 12.5 Å². The molecule has 0 saturated carbocycles. The van der Waals surface area contributed by atoms with Gasteiger partial charge >= 0.3 is 6.03 Å². The van der Waals surface area contributed by atoms with Gasteiger partial charge in [-0.3, -0.25) is 5.32 Å². The van der Waals surface area contributed by atoms with Crippen LogP contribution < -0.4 is 5.32 Å². The van der Waals surface area contributed by atoms with Crippen molar-refractivity contribution >= 4 is 22.4 Å². The Bertz CT molecular complexity index is 327. The number of urea groups is 1. The molecule has 0 aromatic carbocycles. The van der Waals surface area contributed by atoms with Gasteiger partial charge in [0.2, 0.25) is 0 Å². The molecule has 0 aliphatic carbocycles. The van der Waals surface area contributed by atoms with Gasteiger partial charge in [0.1, 0.15) is 0 Å². The molecular weight excluding hydrogens is 200 g/mol. The molecule has 0 bridgehead atoms. The zero-order valence-corrected chi connectivity index (χ0v) is 8.67. The molecule has 0 unspecified atom stereocenters. The lowest BCUT2D eigenvalue weighted by Gasteiger charge is -2.43. The fourth-order valence-electron chi connectivity index (χ4n) is 1.45. The molecule has 1 aliphatic heterocycles. The molecule has 4 nitrogen and oxygen atoms in total. The molecule has 76 valence electrons. The van der Waals surface area contributed by atoms with Crippen LogP contribution in [0.3, 0.4) is 0 Å². The van der Waals surface area contributed by atoms with Gasteiger partial charge in [-0.05, 0) is 24.4 Å². The summed E-state index contributed by atoms with van der Waals surface area (Å²) in [7, 11) is 0. The van der Waals surface area contributed by atoms with E-state index >= 15 is 0 Å². The Morgan fingerprint density at radius 1 is 1.71 bits per heavy atom. The maximum absolute atomic E-state index is 11.5. The molecule has 1 aliphatic rings. The number of carbonyl (C=O) groups excluding carboxylic acids is 1. The van der Waals surface area contributed by atoms with Gasteiger partial charge in [-0.25, -0.2) is 4.79 Å². The highest BCUT2D eigenvalue weighted by atomic mass is 32.1. The van der Waals surface area contributed by atoms with Crippen molar-refractivity contribution in [1.29, 1.82) is 0 Å². The molecule has 2 rings (SSSR count). The van der Waals surface area contributed by atoms with Crippen molar-refractivity contribution in [2.24, 2.45) is 0 Å². The largest absolute Gasteiger partial charge is 0.386 e. The van der Waals surface area contributed by atoms with Crippen LogP contribution in [-0.4, -0.2) is 34.7 Å². The Balaban J connectivity index is 1.86. The van der Waals surface area contributed by atoms with E-state index in [0.29, 0.717) is 13.1 Å². The third-order valence-electron chi connectivity index (χ3n) is 2.10. The first-order valence-corrected chi connectivity index (χ1v) is 5.27. The molecule has 0 spiro atoms. The lowest BCUT2D eigenvalue weighted by molar-refractivity contribution is -0.0581. The summed E-state index contributed by atoms with van der Waals surface area (Å²) in [5.41, 5.74) is -0.702. The van der Waals surface area contributed by atoms with E-state index in [2.05, 4.69) is 5.32 Å². The monoisotopic (exact) mass is 212 g/mol. The third kappa shape index (κ3) is 1.88. The molecule has 2 N–H and O–H groups in total. The minimum absolute atomic E-state index is 0.140. The van der Waals surface area contributed by atoms with Crippen molar-refractivity contribution in [2.75, 3.05) is 18.4 Å². The first kappa shape index (κ1) is 9.48. The number of likely N-dealkylation sites (tertiary alicyclic amines) is 1. The highest BCUT2D eigenvalue weighted by Crippen LogP contribution is 2.22. The van der Waals surface area contributed by atoms with Crippen LogP contribution in [0.1, 0.15) is 6.92 Å². The Hall–Kier alpha value is -1.07. The molecule has 1 fully saturated rings. The number of amides is 2. The summed E-state index contributed by atoms with van der Waals surface area (Å²) >= 11 is 1.48. The minimum atomic E-state index is -0.702. The number of hydrogen-bond donors (Lipinski definition) is 2. The maximum atomic E-state index is 11.5. The molecule has 1 aromatic rings. The number of aliphatic hydroxyl groups is 1. The van der Waals surface area contributed by atoms with E-state index in [1.165, 1.54) is 11.3 Å². The molecule has 2 amide bonds. The summed E-state index contributed by atoms with van der Waals surface area (Å²) in [4.78, 5) is 13.1. The Morgan fingerprint density at radius 3 is 2.93 bits per heavy atom. The highest BCUT2D eigenvalue weighted by Gasteiger charge is 2.39. The van der Waals surface area contributed by atoms with Gasteiger partial charge < -0.3 is 10.0 Å². The van der Waals surface area contributed by atoms with Gasteiger partial charge in [0.25, 0.3) is 0 Å². The molecule has 2 heterocycles. The summed E-state index contributed by atoms with van der Waals surface area (Å²) in [6, 6.07) is 3.59. The van der Waals surface area contributed by atoms with E-state index in [9.17, 15) is 9.90 Å². The first-order valence-electron chi connectivity index (χ1n) is 4.39. The van der Waals surface area contributed by atoms with Crippen molar-refractivity contribution in [3.05, 3.63) is 17.5 Å². The van der Waals surface area contributed by atoms with E-state index in [1.54, 1.807) is 11.8 Å². The average Bonchev–Trinajstić information content (AvgIpc) is 2.52. The second-order valence-electron chi connectivity index (χ2n) is 3.76.